The van der Waals surface area contributed by atoms with Crippen molar-refractivity contribution in [3.63, 3.8) is 0 Å². The summed E-state index contributed by atoms with van der Waals surface area (Å²) in [6.45, 7) is 3.00. The van der Waals surface area contributed by atoms with Crippen molar-refractivity contribution in [3.8, 4) is 0 Å². The number of rotatable bonds is 2. The summed E-state index contributed by atoms with van der Waals surface area (Å²) in [4.78, 5) is 0.00231. The molecule has 0 bridgehead atoms. The predicted molar refractivity (Wildman–Crippen MR) is 60.7 cm³/mol. The van der Waals surface area contributed by atoms with Crippen LogP contribution in [0.25, 0.3) is 0 Å². The van der Waals surface area contributed by atoms with Crippen LogP contribution in [-0.2, 0) is 14.8 Å². The van der Waals surface area contributed by atoms with Crippen molar-refractivity contribution in [1.82, 2.24) is 4.31 Å². The van der Waals surface area contributed by atoms with E-state index in [2.05, 4.69) is 0 Å². The molecule has 0 unspecified atom stereocenters. The second kappa shape index (κ2) is 4.72. The lowest BCUT2D eigenvalue weighted by Crippen LogP contribution is -2.40. The van der Waals surface area contributed by atoms with Gasteiger partial charge in [-0.05, 0) is 24.6 Å². The summed E-state index contributed by atoms with van der Waals surface area (Å²) in [6.07, 6.45) is 0. The number of hydrogen-bond acceptors (Lipinski definition) is 3. The first-order valence-electron chi connectivity index (χ1n) is 5.36. The Bertz CT molecular complexity index is 509. The summed E-state index contributed by atoms with van der Waals surface area (Å²) in [5, 5.41) is 0. The molecule has 1 fully saturated rings. The van der Waals surface area contributed by atoms with Gasteiger partial charge in [-0.2, -0.15) is 4.31 Å². The van der Waals surface area contributed by atoms with Crippen LogP contribution < -0.4 is 0 Å². The molecule has 1 saturated heterocycles. The molecule has 0 amide bonds. The topological polar surface area (TPSA) is 46.6 Å². The van der Waals surface area contributed by atoms with Gasteiger partial charge in [0.2, 0.25) is 10.0 Å². The van der Waals surface area contributed by atoms with E-state index in [-0.39, 0.29) is 4.90 Å². The normalized spacial score (nSPS) is 18.2. The number of halogens is 1. The molecule has 0 spiro atoms. The molecule has 0 aliphatic carbocycles. The van der Waals surface area contributed by atoms with Crippen molar-refractivity contribution in [3.05, 3.63) is 29.6 Å². The minimum Gasteiger partial charge on any atom is -0.379 e. The fourth-order valence-electron chi connectivity index (χ4n) is 1.67. The number of sulfonamides is 1. The van der Waals surface area contributed by atoms with Gasteiger partial charge >= 0.3 is 0 Å². The van der Waals surface area contributed by atoms with Gasteiger partial charge in [0.05, 0.1) is 18.1 Å². The lowest BCUT2D eigenvalue weighted by molar-refractivity contribution is 0.0730. The maximum absolute atomic E-state index is 13.4. The van der Waals surface area contributed by atoms with E-state index in [1.54, 1.807) is 6.92 Å². The molecule has 94 valence electrons. The third-order valence-electron chi connectivity index (χ3n) is 2.75. The number of ether oxygens (including phenoxy) is 1. The summed E-state index contributed by atoms with van der Waals surface area (Å²) < 4.78 is 44.1. The predicted octanol–water partition coefficient (Wildman–Crippen LogP) is 1.16. The van der Waals surface area contributed by atoms with Crippen LogP contribution in [-0.4, -0.2) is 39.0 Å². The molecule has 2 rings (SSSR count). The molecule has 17 heavy (non-hydrogen) atoms. The minimum atomic E-state index is -3.59. The van der Waals surface area contributed by atoms with Crippen molar-refractivity contribution in [2.24, 2.45) is 0 Å². The molecule has 0 aromatic heterocycles. The minimum absolute atomic E-state index is 0.00231. The average Bonchev–Trinajstić information content (AvgIpc) is 2.33. The Hall–Kier alpha value is -0.980. The van der Waals surface area contributed by atoms with E-state index in [1.807, 2.05) is 0 Å². The first kappa shape index (κ1) is 12.5. The van der Waals surface area contributed by atoms with Crippen LogP contribution in [0.5, 0.6) is 0 Å². The van der Waals surface area contributed by atoms with E-state index in [0.29, 0.717) is 31.9 Å². The van der Waals surface area contributed by atoms with Crippen molar-refractivity contribution in [1.29, 1.82) is 0 Å². The molecule has 0 N–H and O–H groups in total. The quantitative estimate of drug-likeness (QED) is 0.800. The highest BCUT2D eigenvalue weighted by Gasteiger charge is 2.26. The molecule has 0 atom stereocenters. The number of nitrogens with zero attached hydrogens (tertiary/aromatic N) is 1. The average molecular weight is 259 g/mol. The van der Waals surface area contributed by atoms with Gasteiger partial charge in [-0.15, -0.1) is 0 Å². The Morgan fingerprint density at radius 3 is 2.53 bits per heavy atom. The van der Waals surface area contributed by atoms with Gasteiger partial charge in [-0.3, -0.25) is 0 Å². The van der Waals surface area contributed by atoms with Crippen molar-refractivity contribution in [2.75, 3.05) is 26.3 Å². The molecular weight excluding hydrogens is 245 g/mol. The van der Waals surface area contributed by atoms with Gasteiger partial charge in [-0.1, -0.05) is 6.07 Å². The zero-order chi connectivity index (χ0) is 12.5. The van der Waals surface area contributed by atoms with Gasteiger partial charge in [0.15, 0.2) is 0 Å². The van der Waals surface area contributed by atoms with E-state index < -0.39 is 15.8 Å². The molecule has 6 heteroatoms. The molecule has 1 aliphatic rings. The van der Waals surface area contributed by atoms with Crippen molar-refractivity contribution >= 4 is 10.0 Å². The lowest BCUT2D eigenvalue weighted by atomic mass is 10.2. The van der Waals surface area contributed by atoms with E-state index in [4.69, 9.17) is 4.74 Å². The fraction of sp³-hybridized carbons (Fsp3) is 0.455. The van der Waals surface area contributed by atoms with Crippen LogP contribution in [0.2, 0.25) is 0 Å². The van der Waals surface area contributed by atoms with Crippen LogP contribution >= 0.6 is 0 Å². The highest BCUT2D eigenvalue weighted by atomic mass is 32.2. The van der Waals surface area contributed by atoms with E-state index >= 15 is 0 Å². The summed E-state index contributed by atoms with van der Waals surface area (Å²) in [6, 6.07) is 3.98. The SMILES string of the molecule is Cc1ccc(S(=O)(=O)N2CCOCC2)cc1F. The number of hydrogen-bond donors (Lipinski definition) is 0. The standard InChI is InChI=1S/C11H14FNO3S/c1-9-2-3-10(8-11(9)12)17(14,15)13-4-6-16-7-5-13/h2-3,8H,4-7H2,1H3. The Kier molecular flexibility index (Phi) is 3.46. The van der Waals surface area contributed by atoms with Crippen LogP contribution in [0.15, 0.2) is 23.1 Å². The van der Waals surface area contributed by atoms with Crippen LogP contribution in [0.3, 0.4) is 0 Å². The summed E-state index contributed by atoms with van der Waals surface area (Å²) in [5.74, 6) is -0.501. The monoisotopic (exact) mass is 259 g/mol. The zero-order valence-electron chi connectivity index (χ0n) is 9.52. The van der Waals surface area contributed by atoms with Gasteiger partial charge < -0.3 is 4.74 Å². The Morgan fingerprint density at radius 1 is 1.29 bits per heavy atom. The van der Waals surface area contributed by atoms with Crippen molar-refractivity contribution in [2.45, 2.75) is 11.8 Å². The first-order valence-corrected chi connectivity index (χ1v) is 6.80. The smallest absolute Gasteiger partial charge is 0.243 e. The molecular formula is C11H14FNO3S. The molecule has 1 aromatic rings. The maximum Gasteiger partial charge on any atom is 0.243 e. The van der Waals surface area contributed by atoms with Gasteiger partial charge in [0.1, 0.15) is 5.82 Å². The summed E-state index contributed by atoms with van der Waals surface area (Å²) in [5.41, 5.74) is 0.436. The van der Waals surface area contributed by atoms with Crippen molar-refractivity contribution < 1.29 is 17.5 Å². The molecule has 0 saturated carbocycles. The van der Waals surface area contributed by atoms with E-state index in [1.165, 1.54) is 16.4 Å². The maximum atomic E-state index is 13.4. The summed E-state index contributed by atoms with van der Waals surface area (Å²) >= 11 is 0. The second-order valence-electron chi connectivity index (χ2n) is 3.93. The molecule has 0 radical (unpaired) electrons. The van der Waals surface area contributed by atoms with Crippen LogP contribution in [0, 0.1) is 12.7 Å². The highest BCUT2D eigenvalue weighted by Crippen LogP contribution is 2.19. The van der Waals surface area contributed by atoms with Gasteiger partial charge in [0, 0.05) is 13.1 Å². The number of aryl methyl sites for hydroxylation is 1. The van der Waals surface area contributed by atoms with E-state index in [0.717, 1.165) is 6.07 Å². The first-order chi connectivity index (χ1) is 8.01. The zero-order valence-corrected chi connectivity index (χ0v) is 10.3. The molecule has 1 heterocycles. The molecule has 1 aromatic carbocycles. The summed E-state index contributed by atoms with van der Waals surface area (Å²) in [7, 11) is -3.59. The number of benzene rings is 1. The van der Waals surface area contributed by atoms with Crippen LogP contribution in [0.1, 0.15) is 5.56 Å². The number of morpholine rings is 1. The van der Waals surface area contributed by atoms with E-state index in [9.17, 15) is 12.8 Å². The third-order valence-corrected chi connectivity index (χ3v) is 4.65. The fourth-order valence-corrected chi connectivity index (χ4v) is 3.09. The Morgan fingerprint density at radius 2 is 1.94 bits per heavy atom. The van der Waals surface area contributed by atoms with Crippen LogP contribution in [0.4, 0.5) is 4.39 Å². The highest BCUT2D eigenvalue weighted by molar-refractivity contribution is 7.89. The second-order valence-corrected chi connectivity index (χ2v) is 5.87. The molecule has 1 aliphatic heterocycles. The lowest BCUT2D eigenvalue weighted by Gasteiger charge is -2.26. The van der Waals surface area contributed by atoms with Gasteiger partial charge in [-0.25, -0.2) is 12.8 Å². The molecule has 4 nitrogen and oxygen atoms in total. The third kappa shape index (κ3) is 2.48. The largest absolute Gasteiger partial charge is 0.379 e. The van der Waals surface area contributed by atoms with Gasteiger partial charge in [0.25, 0.3) is 0 Å². The Balaban J connectivity index is 2.33. The Labute approximate surface area is 100 Å².